The van der Waals surface area contributed by atoms with Gasteiger partial charge in [-0.15, -0.1) is 0 Å². The zero-order valence-electron chi connectivity index (χ0n) is 4.98. The second-order valence-corrected chi connectivity index (χ2v) is 1.96. The molecule has 0 bridgehead atoms. The molecule has 2 aliphatic heterocycles. The predicted molar refractivity (Wildman–Crippen MR) is 36.3 cm³/mol. The van der Waals surface area contributed by atoms with Crippen LogP contribution in [0, 0.1) is 0 Å². The molecule has 0 saturated carbocycles. The van der Waals surface area contributed by atoms with Crippen LogP contribution in [0.2, 0.25) is 0 Å². The SMILES string of the molecule is O=C1N=CN=C2C=NNC12. The van der Waals surface area contributed by atoms with Gasteiger partial charge in [0.05, 0.1) is 11.9 Å². The highest BCUT2D eigenvalue weighted by atomic mass is 16.2. The Morgan fingerprint density at radius 1 is 1.60 bits per heavy atom. The minimum Gasteiger partial charge on any atom is -0.291 e. The fraction of sp³-hybridized carbons (Fsp3) is 0.200. The monoisotopic (exact) mass is 136 g/mol. The zero-order valence-corrected chi connectivity index (χ0v) is 4.98. The van der Waals surface area contributed by atoms with Gasteiger partial charge in [0.2, 0.25) is 0 Å². The van der Waals surface area contributed by atoms with Crippen molar-refractivity contribution >= 4 is 24.2 Å². The summed E-state index contributed by atoms with van der Waals surface area (Å²) in [6, 6.07) is -0.426. The highest BCUT2D eigenvalue weighted by Crippen LogP contribution is 2.00. The summed E-state index contributed by atoms with van der Waals surface area (Å²) in [5, 5.41) is 3.67. The number of nitrogens with zero attached hydrogens (tertiary/aromatic N) is 3. The van der Waals surface area contributed by atoms with Crippen molar-refractivity contribution in [1.29, 1.82) is 0 Å². The molecule has 0 aromatic carbocycles. The highest BCUT2D eigenvalue weighted by molar-refractivity contribution is 6.41. The molecule has 1 atom stereocenters. The molecule has 0 saturated heterocycles. The summed E-state index contributed by atoms with van der Waals surface area (Å²) in [6.07, 6.45) is 2.76. The molecular formula is C5H4N4O. The first-order chi connectivity index (χ1) is 4.88. The second kappa shape index (κ2) is 1.73. The molecule has 5 nitrogen and oxygen atoms in total. The molecule has 2 rings (SSSR count). The molecule has 5 heteroatoms. The van der Waals surface area contributed by atoms with E-state index in [2.05, 4.69) is 20.5 Å². The number of aliphatic imine (C=N–C) groups is 2. The molecule has 10 heavy (non-hydrogen) atoms. The first-order valence-corrected chi connectivity index (χ1v) is 2.80. The quantitative estimate of drug-likeness (QED) is 0.462. The third-order valence-electron chi connectivity index (χ3n) is 1.33. The van der Waals surface area contributed by atoms with Gasteiger partial charge in [-0.3, -0.25) is 10.2 Å². The first kappa shape index (κ1) is 5.28. The number of carbonyl (C=O) groups is 1. The van der Waals surface area contributed by atoms with E-state index in [1.54, 1.807) is 0 Å². The van der Waals surface area contributed by atoms with Crippen molar-refractivity contribution in [3.63, 3.8) is 0 Å². The van der Waals surface area contributed by atoms with Crippen molar-refractivity contribution in [2.24, 2.45) is 15.1 Å². The average Bonchev–Trinajstić information content (AvgIpc) is 2.36. The Morgan fingerprint density at radius 3 is 3.30 bits per heavy atom. The number of amides is 1. The molecule has 1 unspecified atom stereocenters. The molecule has 0 aromatic heterocycles. The Kier molecular flexibility index (Phi) is 0.913. The van der Waals surface area contributed by atoms with Crippen LogP contribution in [-0.4, -0.2) is 30.2 Å². The number of rotatable bonds is 0. The zero-order chi connectivity index (χ0) is 6.97. The van der Waals surface area contributed by atoms with E-state index in [-0.39, 0.29) is 5.91 Å². The lowest BCUT2D eigenvalue weighted by molar-refractivity contribution is -0.118. The molecule has 0 radical (unpaired) electrons. The Hall–Kier alpha value is -1.52. The van der Waals surface area contributed by atoms with Crippen molar-refractivity contribution in [3.05, 3.63) is 0 Å². The summed E-state index contributed by atoms with van der Waals surface area (Å²) in [5.41, 5.74) is 3.22. The van der Waals surface area contributed by atoms with Gasteiger partial charge >= 0.3 is 0 Å². The number of carbonyl (C=O) groups excluding carboxylic acids is 1. The van der Waals surface area contributed by atoms with Gasteiger partial charge in [0.15, 0.2) is 6.04 Å². The summed E-state index contributed by atoms with van der Waals surface area (Å²) in [5.74, 6) is -0.234. The highest BCUT2D eigenvalue weighted by Gasteiger charge is 2.27. The Balaban J connectivity index is 2.40. The maximum absolute atomic E-state index is 10.9. The molecule has 2 heterocycles. The van der Waals surface area contributed by atoms with Gasteiger partial charge in [-0.25, -0.2) is 4.99 Å². The van der Waals surface area contributed by atoms with E-state index in [9.17, 15) is 4.79 Å². The number of nitrogens with one attached hydrogen (secondary N) is 1. The van der Waals surface area contributed by atoms with Crippen molar-refractivity contribution in [2.75, 3.05) is 0 Å². The second-order valence-electron chi connectivity index (χ2n) is 1.96. The van der Waals surface area contributed by atoms with E-state index < -0.39 is 6.04 Å². The maximum Gasteiger partial charge on any atom is 0.277 e. The smallest absolute Gasteiger partial charge is 0.277 e. The van der Waals surface area contributed by atoms with E-state index in [1.165, 1.54) is 12.6 Å². The van der Waals surface area contributed by atoms with Gasteiger partial charge in [-0.2, -0.15) is 10.1 Å². The van der Waals surface area contributed by atoms with Crippen molar-refractivity contribution < 1.29 is 4.79 Å². The largest absolute Gasteiger partial charge is 0.291 e. The van der Waals surface area contributed by atoms with E-state index in [0.717, 1.165) is 0 Å². The van der Waals surface area contributed by atoms with Crippen LogP contribution in [-0.2, 0) is 4.79 Å². The summed E-state index contributed by atoms with van der Waals surface area (Å²) in [6.45, 7) is 0. The van der Waals surface area contributed by atoms with Gasteiger partial charge in [0, 0.05) is 0 Å². The number of hydrogen-bond donors (Lipinski definition) is 1. The van der Waals surface area contributed by atoms with E-state index in [1.807, 2.05) is 0 Å². The molecule has 0 fully saturated rings. The van der Waals surface area contributed by atoms with Gasteiger partial charge < -0.3 is 0 Å². The van der Waals surface area contributed by atoms with Crippen molar-refractivity contribution in [1.82, 2.24) is 5.43 Å². The number of hydrogen-bond acceptors (Lipinski definition) is 4. The molecule has 0 spiro atoms. The Bertz CT molecular complexity index is 265. The third kappa shape index (κ3) is 0.570. The van der Waals surface area contributed by atoms with Crippen LogP contribution >= 0.6 is 0 Å². The molecule has 50 valence electrons. The maximum atomic E-state index is 10.9. The molecule has 0 aliphatic carbocycles. The van der Waals surface area contributed by atoms with Gasteiger partial charge in [0.25, 0.3) is 5.91 Å². The first-order valence-electron chi connectivity index (χ1n) is 2.80. The number of hydrazone groups is 1. The van der Waals surface area contributed by atoms with Crippen molar-refractivity contribution in [2.45, 2.75) is 6.04 Å². The Labute approximate surface area is 56.6 Å². The lowest BCUT2D eigenvalue weighted by Gasteiger charge is -2.07. The van der Waals surface area contributed by atoms with Crippen LogP contribution in [0.4, 0.5) is 0 Å². The minimum absolute atomic E-state index is 0.234. The summed E-state index contributed by atoms with van der Waals surface area (Å²) < 4.78 is 0. The van der Waals surface area contributed by atoms with Crippen LogP contribution < -0.4 is 5.43 Å². The van der Waals surface area contributed by atoms with Crippen LogP contribution in [0.3, 0.4) is 0 Å². The third-order valence-corrected chi connectivity index (χ3v) is 1.33. The topological polar surface area (TPSA) is 66.2 Å². The average molecular weight is 136 g/mol. The molecule has 2 aliphatic rings. The lowest BCUT2D eigenvalue weighted by atomic mass is 10.2. The summed E-state index contributed by atoms with van der Waals surface area (Å²) in [4.78, 5) is 18.2. The molecule has 0 aromatic rings. The van der Waals surface area contributed by atoms with Gasteiger partial charge in [-0.1, -0.05) is 0 Å². The van der Waals surface area contributed by atoms with Crippen LogP contribution in [0.5, 0.6) is 0 Å². The Morgan fingerprint density at radius 2 is 2.50 bits per heavy atom. The van der Waals surface area contributed by atoms with Crippen molar-refractivity contribution in [3.8, 4) is 0 Å². The van der Waals surface area contributed by atoms with Gasteiger partial charge in [0.1, 0.15) is 6.34 Å². The normalized spacial score (nSPS) is 27.8. The fourth-order valence-electron chi connectivity index (χ4n) is 0.835. The van der Waals surface area contributed by atoms with E-state index in [0.29, 0.717) is 5.71 Å². The van der Waals surface area contributed by atoms with E-state index >= 15 is 0 Å². The van der Waals surface area contributed by atoms with Gasteiger partial charge in [-0.05, 0) is 0 Å². The lowest BCUT2D eigenvalue weighted by Crippen LogP contribution is -2.37. The minimum atomic E-state index is -0.426. The fourth-order valence-corrected chi connectivity index (χ4v) is 0.835. The van der Waals surface area contributed by atoms with Crippen LogP contribution in [0.15, 0.2) is 15.1 Å². The molecular weight excluding hydrogens is 132 g/mol. The summed E-state index contributed by atoms with van der Waals surface area (Å²) >= 11 is 0. The predicted octanol–water partition coefficient (Wildman–Crippen LogP) is -1.05. The van der Waals surface area contributed by atoms with E-state index in [4.69, 9.17) is 0 Å². The van der Waals surface area contributed by atoms with Crippen LogP contribution in [0.25, 0.3) is 0 Å². The number of fused-ring (bicyclic) bond motifs is 1. The standard InChI is InChI=1S/C5H4N4O/c10-5-4-3(1-8-9-4)6-2-7-5/h1-2,4,9H. The molecule has 1 N–H and O–H groups in total. The van der Waals surface area contributed by atoms with Crippen LogP contribution in [0.1, 0.15) is 0 Å². The summed E-state index contributed by atoms with van der Waals surface area (Å²) in [7, 11) is 0. The molecule has 1 amide bonds.